The molecule has 1 fully saturated rings. The number of allylic oxidation sites excluding steroid dienone is 1. The molecule has 0 spiro atoms. The third-order valence-corrected chi connectivity index (χ3v) is 5.54. The van der Waals surface area contributed by atoms with Crippen LogP contribution in [0.15, 0.2) is 53.0 Å². The van der Waals surface area contributed by atoms with Crippen LogP contribution in [0.1, 0.15) is 23.6 Å². The van der Waals surface area contributed by atoms with Gasteiger partial charge in [-0.05, 0) is 67.8 Å². The van der Waals surface area contributed by atoms with Crippen LogP contribution < -0.4 is 15.0 Å². The average molecular weight is 485 g/mol. The van der Waals surface area contributed by atoms with Gasteiger partial charge in [-0.2, -0.15) is 0 Å². The van der Waals surface area contributed by atoms with E-state index in [0.717, 1.165) is 14.9 Å². The van der Waals surface area contributed by atoms with E-state index in [4.69, 9.17) is 4.74 Å². The van der Waals surface area contributed by atoms with Gasteiger partial charge in [0.2, 0.25) is 0 Å². The quantitative estimate of drug-likeness (QED) is 0.362. The minimum absolute atomic E-state index is 0.0227. The molecule has 0 aromatic heterocycles. The summed E-state index contributed by atoms with van der Waals surface area (Å²) >= 11 is 3.39. The molecule has 3 rings (SSSR count). The van der Waals surface area contributed by atoms with E-state index in [1.54, 1.807) is 37.3 Å². The summed E-state index contributed by atoms with van der Waals surface area (Å²) in [6.07, 6.45) is 3.36. The monoisotopic (exact) mass is 484 g/mol. The number of nitrogens with zero attached hydrogens (tertiary/aromatic N) is 1. The highest BCUT2D eigenvalue weighted by Crippen LogP contribution is 2.34. The van der Waals surface area contributed by atoms with Crippen LogP contribution >= 0.6 is 15.9 Å². The van der Waals surface area contributed by atoms with Gasteiger partial charge in [-0.1, -0.05) is 22.0 Å². The van der Waals surface area contributed by atoms with E-state index in [0.29, 0.717) is 29.8 Å². The van der Waals surface area contributed by atoms with Gasteiger partial charge in [0.1, 0.15) is 5.57 Å². The maximum atomic E-state index is 13.1. The number of halogens is 1. The van der Waals surface area contributed by atoms with Crippen LogP contribution in [0.2, 0.25) is 0 Å². The van der Waals surface area contributed by atoms with E-state index in [1.807, 2.05) is 6.92 Å². The zero-order valence-electron chi connectivity index (χ0n) is 17.1. The topological polar surface area (TPSA) is 95.9 Å². The molecule has 0 unspecified atom stereocenters. The Morgan fingerprint density at radius 2 is 1.97 bits per heavy atom. The fraction of sp³-hybridized carbons (Fsp3) is 0.174. The van der Waals surface area contributed by atoms with Gasteiger partial charge in [-0.15, -0.1) is 6.58 Å². The summed E-state index contributed by atoms with van der Waals surface area (Å²) in [5.41, 5.74) is 1.97. The highest BCUT2D eigenvalue weighted by Gasteiger charge is 2.37. The SMILES string of the molecule is C=CCc1cc(/C=C2/C(=O)NC(=O)N(c3ccc(Br)c(C)c3)C2=O)cc(OCC)c1O. The highest BCUT2D eigenvalue weighted by molar-refractivity contribution is 9.10. The Hall–Kier alpha value is -3.39. The first kappa shape index (κ1) is 22.3. The first-order valence-corrected chi connectivity index (χ1v) is 10.3. The second-order valence-corrected chi connectivity index (χ2v) is 7.70. The number of carbonyl (C=O) groups is 3. The molecule has 2 aromatic rings. The van der Waals surface area contributed by atoms with Gasteiger partial charge in [-0.25, -0.2) is 9.69 Å². The van der Waals surface area contributed by atoms with Crippen molar-refractivity contribution in [3.63, 3.8) is 0 Å². The molecule has 0 aliphatic carbocycles. The first-order valence-electron chi connectivity index (χ1n) is 9.54. The summed E-state index contributed by atoms with van der Waals surface area (Å²) in [6, 6.07) is 7.35. The summed E-state index contributed by atoms with van der Waals surface area (Å²) in [6.45, 7) is 7.60. The molecule has 1 aliphatic rings. The predicted octanol–water partition coefficient (Wildman–Crippen LogP) is 4.26. The molecule has 31 heavy (non-hydrogen) atoms. The first-order chi connectivity index (χ1) is 14.8. The highest BCUT2D eigenvalue weighted by atomic mass is 79.9. The summed E-state index contributed by atoms with van der Waals surface area (Å²) in [7, 11) is 0. The van der Waals surface area contributed by atoms with Crippen LogP contribution in [0, 0.1) is 6.92 Å². The van der Waals surface area contributed by atoms with Crippen molar-refractivity contribution in [3.05, 3.63) is 69.7 Å². The van der Waals surface area contributed by atoms with Crippen LogP contribution in [0.4, 0.5) is 10.5 Å². The summed E-state index contributed by atoms with van der Waals surface area (Å²) in [5, 5.41) is 12.6. The number of rotatable bonds is 6. The van der Waals surface area contributed by atoms with Crippen LogP contribution in [-0.4, -0.2) is 29.6 Å². The Labute approximate surface area is 188 Å². The summed E-state index contributed by atoms with van der Waals surface area (Å²) in [4.78, 5) is 38.9. The fourth-order valence-corrected chi connectivity index (χ4v) is 3.42. The third-order valence-electron chi connectivity index (χ3n) is 4.65. The molecular formula is C23H21BrN2O5. The van der Waals surface area contributed by atoms with Gasteiger partial charge in [-0.3, -0.25) is 14.9 Å². The lowest BCUT2D eigenvalue weighted by atomic mass is 10.0. The number of benzene rings is 2. The Morgan fingerprint density at radius 1 is 1.23 bits per heavy atom. The smallest absolute Gasteiger partial charge is 0.335 e. The number of phenols is 1. The number of amides is 4. The van der Waals surface area contributed by atoms with Crippen LogP contribution in [0.3, 0.4) is 0 Å². The molecule has 1 aliphatic heterocycles. The van der Waals surface area contributed by atoms with E-state index in [1.165, 1.54) is 12.1 Å². The average Bonchev–Trinajstić information content (AvgIpc) is 2.71. The molecule has 1 saturated heterocycles. The second kappa shape index (κ2) is 9.18. The number of carbonyl (C=O) groups excluding carboxylic acids is 3. The van der Waals surface area contributed by atoms with Crippen molar-refractivity contribution >= 4 is 45.5 Å². The number of hydrogen-bond donors (Lipinski definition) is 2. The van der Waals surface area contributed by atoms with Crippen LogP contribution in [0.25, 0.3) is 6.08 Å². The molecule has 160 valence electrons. The summed E-state index contributed by atoms with van der Waals surface area (Å²) in [5.74, 6) is -1.33. The van der Waals surface area contributed by atoms with E-state index in [-0.39, 0.29) is 17.1 Å². The van der Waals surface area contributed by atoms with Gasteiger partial charge >= 0.3 is 6.03 Å². The standard InChI is InChI=1S/C23H21BrN2O5/c1-4-6-15-10-14(12-19(20(15)27)31-5-2)11-17-21(28)25-23(30)26(22(17)29)16-7-8-18(24)13(3)9-16/h4,7-12,27H,1,5-6H2,2-3H3,(H,25,28,30)/b17-11-. The Balaban J connectivity index is 2.07. The van der Waals surface area contributed by atoms with Gasteiger partial charge in [0, 0.05) is 10.0 Å². The van der Waals surface area contributed by atoms with Crippen molar-refractivity contribution in [2.45, 2.75) is 20.3 Å². The largest absolute Gasteiger partial charge is 0.504 e. The maximum Gasteiger partial charge on any atom is 0.335 e. The number of anilines is 1. The molecule has 1 heterocycles. The Bertz CT molecular complexity index is 1120. The molecular weight excluding hydrogens is 464 g/mol. The number of aryl methyl sites for hydroxylation is 1. The predicted molar refractivity (Wildman–Crippen MR) is 121 cm³/mol. The van der Waals surface area contributed by atoms with Crippen LogP contribution in [0.5, 0.6) is 11.5 Å². The molecule has 4 amide bonds. The third kappa shape index (κ3) is 4.54. The Morgan fingerprint density at radius 3 is 2.61 bits per heavy atom. The van der Waals surface area contributed by atoms with Gasteiger partial charge in [0.05, 0.1) is 12.3 Å². The number of ether oxygens (including phenoxy) is 1. The van der Waals surface area contributed by atoms with Crippen molar-refractivity contribution in [2.24, 2.45) is 0 Å². The van der Waals surface area contributed by atoms with Crippen molar-refractivity contribution in [1.29, 1.82) is 0 Å². The number of phenolic OH excluding ortho intramolecular Hbond substituents is 1. The number of aromatic hydroxyl groups is 1. The maximum absolute atomic E-state index is 13.1. The molecule has 0 bridgehead atoms. The minimum Gasteiger partial charge on any atom is -0.504 e. The number of hydrogen-bond acceptors (Lipinski definition) is 5. The van der Waals surface area contributed by atoms with Gasteiger partial charge < -0.3 is 9.84 Å². The van der Waals surface area contributed by atoms with Crippen molar-refractivity contribution < 1.29 is 24.2 Å². The van der Waals surface area contributed by atoms with Crippen molar-refractivity contribution in [3.8, 4) is 11.5 Å². The molecule has 2 N–H and O–H groups in total. The fourth-order valence-electron chi connectivity index (χ4n) is 3.18. The van der Waals surface area contributed by atoms with E-state index in [2.05, 4.69) is 27.8 Å². The number of nitrogens with one attached hydrogen (secondary N) is 1. The number of urea groups is 1. The van der Waals surface area contributed by atoms with E-state index < -0.39 is 17.8 Å². The minimum atomic E-state index is -0.818. The van der Waals surface area contributed by atoms with Gasteiger partial charge in [0.25, 0.3) is 11.8 Å². The molecule has 8 heteroatoms. The zero-order valence-corrected chi connectivity index (χ0v) is 18.7. The zero-order chi connectivity index (χ0) is 22.7. The second-order valence-electron chi connectivity index (χ2n) is 6.84. The molecule has 0 radical (unpaired) electrons. The molecule has 0 saturated carbocycles. The lowest BCUT2D eigenvalue weighted by Crippen LogP contribution is -2.54. The number of barbiturate groups is 1. The molecule has 0 atom stereocenters. The van der Waals surface area contributed by atoms with Crippen LogP contribution in [-0.2, 0) is 16.0 Å². The van der Waals surface area contributed by atoms with E-state index in [9.17, 15) is 19.5 Å². The molecule has 7 nitrogen and oxygen atoms in total. The number of imide groups is 2. The lowest BCUT2D eigenvalue weighted by molar-refractivity contribution is -0.122. The van der Waals surface area contributed by atoms with Gasteiger partial charge in [0.15, 0.2) is 11.5 Å². The summed E-state index contributed by atoms with van der Waals surface area (Å²) < 4.78 is 6.30. The van der Waals surface area contributed by atoms with E-state index >= 15 is 0 Å². The molecule has 2 aromatic carbocycles. The lowest BCUT2D eigenvalue weighted by Gasteiger charge is -2.26. The normalized spacial score (nSPS) is 15.3. The Kier molecular flexibility index (Phi) is 6.60. The van der Waals surface area contributed by atoms with Crippen molar-refractivity contribution in [2.75, 3.05) is 11.5 Å². The van der Waals surface area contributed by atoms with Crippen molar-refractivity contribution in [1.82, 2.24) is 5.32 Å².